The van der Waals surface area contributed by atoms with Gasteiger partial charge in [-0.15, -0.1) is 0 Å². The summed E-state index contributed by atoms with van der Waals surface area (Å²) >= 11 is 7.70. The number of benzene rings is 1. The molecule has 1 aromatic carbocycles. The predicted molar refractivity (Wildman–Crippen MR) is 120 cm³/mol. The van der Waals surface area contributed by atoms with Gasteiger partial charge in [-0.3, -0.25) is 9.71 Å². The van der Waals surface area contributed by atoms with Gasteiger partial charge in [0.05, 0.1) is 10.6 Å². The molecule has 1 aromatic heterocycles. The van der Waals surface area contributed by atoms with E-state index in [0.717, 1.165) is 15.4 Å². The van der Waals surface area contributed by atoms with Gasteiger partial charge in [0.2, 0.25) is 0 Å². The first-order valence-electron chi connectivity index (χ1n) is 9.13. The molecule has 0 fully saturated rings. The van der Waals surface area contributed by atoms with E-state index in [2.05, 4.69) is 30.5 Å². The van der Waals surface area contributed by atoms with Crippen molar-refractivity contribution in [3.63, 3.8) is 0 Å². The van der Waals surface area contributed by atoms with Crippen LogP contribution in [0.5, 0.6) is 0 Å². The van der Waals surface area contributed by atoms with E-state index in [9.17, 15) is 8.42 Å². The van der Waals surface area contributed by atoms with Crippen molar-refractivity contribution in [1.29, 1.82) is 0 Å². The minimum absolute atomic E-state index is 0.0435. The minimum atomic E-state index is -3.74. The van der Waals surface area contributed by atoms with Crippen LogP contribution in [-0.2, 0) is 15.4 Å². The zero-order valence-electron chi connectivity index (χ0n) is 16.5. The molecule has 7 heteroatoms. The lowest BCUT2D eigenvalue weighted by molar-refractivity contribution is 0.583. The second kappa shape index (κ2) is 8.78. The first-order chi connectivity index (χ1) is 13.6. The SMILES string of the molecule is CC(C)(C)c1ccc(S(=O)(=O)NC2=C(Sc3ccncc3)C=C(Cl)CC=C2)cc1. The second-order valence-corrected chi connectivity index (χ2v) is 10.9. The van der Waals surface area contributed by atoms with Crippen molar-refractivity contribution >= 4 is 33.4 Å². The highest BCUT2D eigenvalue weighted by Gasteiger charge is 2.20. The number of hydrogen-bond acceptors (Lipinski definition) is 4. The quantitative estimate of drug-likeness (QED) is 0.635. The molecule has 0 atom stereocenters. The number of hydrogen-bond donors (Lipinski definition) is 1. The summed E-state index contributed by atoms with van der Waals surface area (Å²) in [6, 6.07) is 10.7. The summed E-state index contributed by atoms with van der Waals surface area (Å²) in [6.45, 7) is 6.28. The van der Waals surface area contributed by atoms with Crippen molar-refractivity contribution in [1.82, 2.24) is 9.71 Å². The smallest absolute Gasteiger partial charge is 0.261 e. The lowest BCUT2D eigenvalue weighted by Crippen LogP contribution is -2.23. The van der Waals surface area contributed by atoms with E-state index in [1.165, 1.54) is 11.8 Å². The summed E-state index contributed by atoms with van der Waals surface area (Å²) in [6.07, 6.45) is 9.35. The van der Waals surface area contributed by atoms with Gasteiger partial charge in [-0.1, -0.05) is 62.3 Å². The molecule has 0 aliphatic heterocycles. The molecule has 0 spiro atoms. The maximum absolute atomic E-state index is 13.0. The third-order valence-electron chi connectivity index (χ3n) is 4.30. The Hall–Kier alpha value is -2.02. The third kappa shape index (κ3) is 5.75. The fourth-order valence-corrected chi connectivity index (χ4v) is 5.04. The zero-order chi connectivity index (χ0) is 21.1. The molecule has 0 radical (unpaired) electrons. The molecule has 3 rings (SSSR count). The third-order valence-corrected chi connectivity index (χ3v) is 7.01. The molecule has 0 amide bonds. The number of sulfonamides is 1. The van der Waals surface area contributed by atoms with E-state index in [0.29, 0.717) is 17.2 Å². The van der Waals surface area contributed by atoms with Crippen LogP contribution >= 0.6 is 23.4 Å². The summed E-state index contributed by atoms with van der Waals surface area (Å²) in [4.78, 5) is 5.91. The molecule has 152 valence electrons. The van der Waals surface area contributed by atoms with Crippen molar-refractivity contribution in [2.24, 2.45) is 0 Å². The van der Waals surface area contributed by atoms with Gasteiger partial charge in [-0.05, 0) is 47.4 Å². The van der Waals surface area contributed by atoms with Crippen molar-refractivity contribution in [3.05, 3.63) is 88.2 Å². The fraction of sp³-hybridized carbons (Fsp3) is 0.227. The van der Waals surface area contributed by atoms with Gasteiger partial charge in [0.15, 0.2) is 0 Å². The Balaban J connectivity index is 1.94. The Labute approximate surface area is 181 Å². The van der Waals surface area contributed by atoms with Crippen LogP contribution in [0.3, 0.4) is 0 Å². The summed E-state index contributed by atoms with van der Waals surface area (Å²) in [5.74, 6) is 0. The Morgan fingerprint density at radius 3 is 2.34 bits per heavy atom. The average molecular weight is 447 g/mol. The molecule has 0 unspecified atom stereocenters. The van der Waals surface area contributed by atoms with Gasteiger partial charge >= 0.3 is 0 Å². The van der Waals surface area contributed by atoms with E-state index in [1.807, 2.05) is 30.3 Å². The summed E-state index contributed by atoms with van der Waals surface area (Å²) in [5, 5.41) is 0.640. The van der Waals surface area contributed by atoms with Crippen molar-refractivity contribution in [2.75, 3.05) is 0 Å². The topological polar surface area (TPSA) is 59.1 Å². The van der Waals surface area contributed by atoms with Crippen LogP contribution in [0.4, 0.5) is 0 Å². The van der Waals surface area contributed by atoms with Crippen LogP contribution in [-0.4, -0.2) is 13.4 Å². The maximum Gasteiger partial charge on any atom is 0.261 e. The van der Waals surface area contributed by atoms with Crippen molar-refractivity contribution in [2.45, 2.75) is 42.4 Å². The largest absolute Gasteiger partial charge is 0.278 e. The molecular weight excluding hydrogens is 424 g/mol. The van der Waals surface area contributed by atoms with E-state index in [-0.39, 0.29) is 10.3 Å². The molecule has 1 aliphatic rings. The lowest BCUT2D eigenvalue weighted by Gasteiger charge is -2.19. The predicted octanol–water partition coefficient (Wildman–Crippen LogP) is 5.74. The van der Waals surface area contributed by atoms with Gasteiger partial charge in [0, 0.05) is 33.6 Å². The number of halogens is 1. The minimum Gasteiger partial charge on any atom is -0.278 e. The lowest BCUT2D eigenvalue weighted by atomic mass is 9.87. The van der Waals surface area contributed by atoms with Gasteiger partial charge < -0.3 is 0 Å². The number of aromatic nitrogens is 1. The van der Waals surface area contributed by atoms with Gasteiger partial charge in [-0.2, -0.15) is 0 Å². The Bertz CT molecular complexity index is 1070. The van der Waals surface area contributed by atoms with Gasteiger partial charge in [-0.25, -0.2) is 8.42 Å². The highest BCUT2D eigenvalue weighted by molar-refractivity contribution is 8.03. The van der Waals surface area contributed by atoms with Gasteiger partial charge in [0.1, 0.15) is 0 Å². The van der Waals surface area contributed by atoms with E-state index >= 15 is 0 Å². The van der Waals surface area contributed by atoms with Gasteiger partial charge in [0.25, 0.3) is 10.0 Å². The molecule has 1 aliphatic carbocycles. The first-order valence-corrected chi connectivity index (χ1v) is 11.8. The Kier molecular flexibility index (Phi) is 6.56. The molecule has 0 bridgehead atoms. The van der Waals surface area contributed by atoms with Crippen molar-refractivity contribution in [3.8, 4) is 0 Å². The molecule has 4 nitrogen and oxygen atoms in total. The van der Waals surface area contributed by atoms with Crippen LogP contribution in [0.25, 0.3) is 0 Å². The summed E-state index contributed by atoms with van der Waals surface area (Å²) in [7, 11) is -3.74. The fourth-order valence-electron chi connectivity index (χ4n) is 2.69. The molecule has 29 heavy (non-hydrogen) atoms. The molecular formula is C22H23ClN2O2S2. The second-order valence-electron chi connectivity index (χ2n) is 7.64. The maximum atomic E-state index is 13.0. The molecule has 2 aromatic rings. The van der Waals surface area contributed by atoms with E-state index in [1.54, 1.807) is 36.7 Å². The van der Waals surface area contributed by atoms with Crippen LogP contribution in [0, 0.1) is 0 Å². The molecule has 0 saturated carbocycles. The average Bonchev–Trinajstić information content (AvgIpc) is 2.83. The summed E-state index contributed by atoms with van der Waals surface area (Å²) < 4.78 is 28.7. The summed E-state index contributed by atoms with van der Waals surface area (Å²) in [5.41, 5.74) is 1.52. The monoisotopic (exact) mass is 446 g/mol. The standard InChI is InChI=1S/C22H23ClN2O2S2/c1-22(2,3)16-7-9-19(10-8-16)29(26,27)25-20-6-4-5-17(23)15-21(20)28-18-11-13-24-14-12-18/h4,6-15,25H,5H2,1-3H3. The first kappa shape index (κ1) is 21.7. The van der Waals surface area contributed by atoms with E-state index < -0.39 is 10.0 Å². The number of pyridine rings is 1. The highest BCUT2D eigenvalue weighted by atomic mass is 35.5. The number of allylic oxidation sites excluding steroid dienone is 4. The zero-order valence-corrected chi connectivity index (χ0v) is 18.9. The van der Waals surface area contributed by atoms with Crippen LogP contribution in [0.15, 0.2) is 92.4 Å². The van der Waals surface area contributed by atoms with Crippen LogP contribution in [0.1, 0.15) is 32.8 Å². The Morgan fingerprint density at radius 1 is 1.07 bits per heavy atom. The normalized spacial score (nSPS) is 15.1. The number of thioether (sulfide) groups is 1. The number of nitrogens with one attached hydrogen (secondary N) is 1. The van der Waals surface area contributed by atoms with E-state index in [4.69, 9.17) is 11.6 Å². The number of rotatable bonds is 5. The highest BCUT2D eigenvalue weighted by Crippen LogP contribution is 2.33. The molecule has 1 N–H and O–H groups in total. The van der Waals surface area contributed by atoms with Crippen LogP contribution < -0.4 is 4.72 Å². The van der Waals surface area contributed by atoms with Crippen molar-refractivity contribution < 1.29 is 8.42 Å². The number of nitrogens with zero attached hydrogens (tertiary/aromatic N) is 1. The molecule has 0 saturated heterocycles. The Morgan fingerprint density at radius 2 is 1.72 bits per heavy atom. The van der Waals surface area contributed by atoms with Crippen LogP contribution in [0.2, 0.25) is 0 Å². The molecule has 1 heterocycles.